The largest absolute Gasteiger partial charge is 0.432 e. The lowest BCUT2D eigenvalue weighted by Crippen LogP contribution is -2.36. The van der Waals surface area contributed by atoms with E-state index in [0.29, 0.717) is 24.8 Å². The second kappa shape index (κ2) is 12.6. The highest BCUT2D eigenvalue weighted by Crippen LogP contribution is 2.46. The number of aliphatic hydroxyl groups excluding tert-OH is 1. The smallest absolute Gasteiger partial charge is 0.335 e. The fourth-order valence-electron chi connectivity index (χ4n) is 4.10. The minimum atomic E-state index is -0.713. The third kappa shape index (κ3) is 7.97. The van der Waals surface area contributed by atoms with E-state index in [-0.39, 0.29) is 23.6 Å². The molecule has 0 aromatic heterocycles. The first-order valence-electron chi connectivity index (χ1n) is 10.8. The zero-order chi connectivity index (χ0) is 24.5. The van der Waals surface area contributed by atoms with Crippen molar-refractivity contribution in [1.82, 2.24) is 0 Å². The van der Waals surface area contributed by atoms with Gasteiger partial charge in [0.15, 0.2) is 5.78 Å². The molecule has 2 N–H and O–H groups in total. The molecule has 1 aliphatic rings. The third-order valence-corrected chi connectivity index (χ3v) is 5.92. The van der Waals surface area contributed by atoms with Gasteiger partial charge in [0.2, 0.25) is 0 Å². The summed E-state index contributed by atoms with van der Waals surface area (Å²) >= 11 is 0. The molecule has 1 rings (SSSR count). The summed E-state index contributed by atoms with van der Waals surface area (Å²) in [6.45, 7) is 12.1. The van der Waals surface area contributed by atoms with Crippen molar-refractivity contribution >= 4 is 17.5 Å². The predicted molar refractivity (Wildman–Crippen MR) is 121 cm³/mol. The van der Waals surface area contributed by atoms with Gasteiger partial charge in [-0.2, -0.15) is 0 Å². The van der Waals surface area contributed by atoms with Crippen LogP contribution in [0.4, 0.5) is 0 Å². The number of esters is 1. The molecule has 0 aromatic carbocycles. The maximum Gasteiger partial charge on any atom is 0.335 e. The average molecular weight is 449 g/mol. The first-order valence-corrected chi connectivity index (χ1v) is 10.8. The number of ketones is 2. The summed E-state index contributed by atoms with van der Waals surface area (Å²) in [5.41, 5.74) is 1.18. The number of aliphatic hydroxyl groups is 1. The lowest BCUT2D eigenvalue weighted by atomic mass is 9.65. The summed E-state index contributed by atoms with van der Waals surface area (Å²) in [7, 11) is 0. The minimum Gasteiger partial charge on any atom is -0.432 e. The summed E-state index contributed by atoms with van der Waals surface area (Å²) in [5.74, 6) is -2.13. The Balaban J connectivity index is 3.37. The van der Waals surface area contributed by atoms with Crippen molar-refractivity contribution in [2.45, 2.75) is 66.4 Å². The van der Waals surface area contributed by atoms with Crippen LogP contribution in [0.25, 0.3) is 0 Å². The van der Waals surface area contributed by atoms with Crippen molar-refractivity contribution in [3.8, 4) is 0 Å². The van der Waals surface area contributed by atoms with Gasteiger partial charge in [0.1, 0.15) is 11.9 Å². The van der Waals surface area contributed by atoms with E-state index in [1.54, 1.807) is 32.9 Å². The van der Waals surface area contributed by atoms with Gasteiger partial charge in [-0.25, -0.2) is 9.68 Å². The average Bonchev–Trinajstić information content (AvgIpc) is 2.77. The molecule has 0 spiro atoms. The van der Waals surface area contributed by atoms with Crippen LogP contribution in [0.2, 0.25) is 0 Å². The minimum absolute atomic E-state index is 0.00308. The molecule has 0 saturated heterocycles. The SMILES string of the molecule is C=C(C)[C@@H](CC[C@@]1(C)CC=C(CO)C(=O)[C@@H](CC(C)=O)[C@@H]1/C=C\OC(=O)C=C(C)C)OO. The van der Waals surface area contributed by atoms with Gasteiger partial charge in [-0.1, -0.05) is 25.2 Å². The number of carbonyl (C=O) groups excluding carboxylic acids is 3. The van der Waals surface area contributed by atoms with Crippen LogP contribution in [-0.4, -0.2) is 40.6 Å². The number of allylic oxidation sites excluding steroid dienone is 3. The van der Waals surface area contributed by atoms with E-state index < -0.39 is 35.9 Å². The van der Waals surface area contributed by atoms with Gasteiger partial charge in [-0.3, -0.25) is 10.1 Å². The molecule has 7 heteroatoms. The van der Waals surface area contributed by atoms with Crippen LogP contribution in [0.1, 0.15) is 60.3 Å². The van der Waals surface area contributed by atoms with Gasteiger partial charge in [-0.05, 0) is 69.9 Å². The number of rotatable bonds is 11. The van der Waals surface area contributed by atoms with E-state index in [4.69, 9.17) is 4.74 Å². The van der Waals surface area contributed by atoms with E-state index >= 15 is 0 Å². The van der Waals surface area contributed by atoms with Crippen LogP contribution in [0, 0.1) is 17.3 Å². The Bertz CT molecular complexity index is 801. The molecule has 7 nitrogen and oxygen atoms in total. The molecule has 1 aliphatic carbocycles. The summed E-state index contributed by atoms with van der Waals surface area (Å²) < 4.78 is 5.18. The summed E-state index contributed by atoms with van der Waals surface area (Å²) in [6, 6.07) is 0. The quantitative estimate of drug-likeness (QED) is 0.121. The molecule has 0 radical (unpaired) electrons. The molecular weight excluding hydrogens is 412 g/mol. The Morgan fingerprint density at radius 3 is 2.47 bits per heavy atom. The van der Waals surface area contributed by atoms with Crippen LogP contribution in [-0.2, 0) is 24.0 Å². The number of hydrogen-bond donors (Lipinski definition) is 2. The highest BCUT2D eigenvalue weighted by molar-refractivity contribution is 6.00. The molecule has 0 unspecified atom stereocenters. The first-order chi connectivity index (χ1) is 14.9. The van der Waals surface area contributed by atoms with E-state index in [2.05, 4.69) is 11.5 Å². The van der Waals surface area contributed by atoms with Crippen molar-refractivity contribution in [1.29, 1.82) is 0 Å². The highest BCUT2D eigenvalue weighted by atomic mass is 17.1. The normalized spacial score (nSPS) is 24.5. The van der Waals surface area contributed by atoms with Gasteiger partial charge in [0.05, 0.1) is 12.9 Å². The Kier molecular flexibility index (Phi) is 10.9. The second-order valence-corrected chi connectivity index (χ2v) is 9.11. The van der Waals surface area contributed by atoms with Crippen molar-refractivity contribution in [3.63, 3.8) is 0 Å². The van der Waals surface area contributed by atoms with E-state index in [1.807, 2.05) is 6.92 Å². The molecule has 4 atom stereocenters. The third-order valence-electron chi connectivity index (χ3n) is 5.92. The van der Waals surface area contributed by atoms with Crippen molar-refractivity contribution in [3.05, 3.63) is 47.8 Å². The van der Waals surface area contributed by atoms with E-state index in [0.717, 1.165) is 5.57 Å². The monoisotopic (exact) mass is 448 g/mol. The van der Waals surface area contributed by atoms with Crippen LogP contribution in [0.15, 0.2) is 47.8 Å². The molecule has 0 fully saturated rings. The Morgan fingerprint density at radius 2 is 1.97 bits per heavy atom. The van der Waals surface area contributed by atoms with E-state index in [1.165, 1.54) is 19.3 Å². The Hall–Kier alpha value is -2.35. The summed E-state index contributed by atoms with van der Waals surface area (Å²) in [5, 5.41) is 18.9. The van der Waals surface area contributed by atoms with Gasteiger partial charge >= 0.3 is 5.97 Å². The zero-order valence-corrected chi connectivity index (χ0v) is 19.7. The van der Waals surface area contributed by atoms with Crippen molar-refractivity contribution < 1.29 is 34.4 Å². The number of carbonyl (C=O) groups is 3. The molecule has 0 aliphatic heterocycles. The number of ether oxygens (including phenoxy) is 1. The second-order valence-electron chi connectivity index (χ2n) is 9.11. The number of Topliss-reactive ketones (excluding diaryl/α,β-unsaturated/α-hetero) is 2. The molecule has 0 saturated carbocycles. The standard InChI is InChI=1S/C25H36O7/c1-16(2)13-23(28)31-12-9-21-20(14-18(5)27)24(29)19(15-26)7-10-25(21,6)11-8-22(32-30)17(3)4/h7,9,12-13,20-22,26,30H,3,8,10-11,14-15H2,1-2,4-6H3/b12-9-/t20-,21-,22+,25+/m0/s1. The van der Waals surface area contributed by atoms with Crippen molar-refractivity contribution in [2.24, 2.45) is 17.3 Å². The molecule has 0 bridgehead atoms. The van der Waals surface area contributed by atoms with Gasteiger partial charge in [-0.15, -0.1) is 0 Å². The maximum atomic E-state index is 13.1. The van der Waals surface area contributed by atoms with Gasteiger partial charge < -0.3 is 14.6 Å². The molecular formula is C25H36O7. The molecule has 0 aromatic rings. The van der Waals surface area contributed by atoms with Crippen LogP contribution < -0.4 is 0 Å². The van der Waals surface area contributed by atoms with Gasteiger partial charge in [0.25, 0.3) is 0 Å². The van der Waals surface area contributed by atoms with E-state index in [9.17, 15) is 24.7 Å². The van der Waals surface area contributed by atoms with Gasteiger partial charge in [0, 0.05) is 24.0 Å². The maximum absolute atomic E-state index is 13.1. The zero-order valence-electron chi connectivity index (χ0n) is 19.7. The Labute approximate surface area is 190 Å². The molecule has 0 amide bonds. The van der Waals surface area contributed by atoms with Crippen LogP contribution in [0.3, 0.4) is 0 Å². The summed E-state index contributed by atoms with van der Waals surface area (Å²) in [6.07, 6.45) is 6.85. The lowest BCUT2D eigenvalue weighted by Gasteiger charge is -2.38. The molecule has 32 heavy (non-hydrogen) atoms. The topological polar surface area (TPSA) is 110 Å². The fourth-order valence-corrected chi connectivity index (χ4v) is 4.10. The van der Waals surface area contributed by atoms with Crippen LogP contribution in [0.5, 0.6) is 0 Å². The predicted octanol–water partition coefficient (Wildman–Crippen LogP) is 4.33. The number of hydrogen-bond acceptors (Lipinski definition) is 7. The summed E-state index contributed by atoms with van der Waals surface area (Å²) in [4.78, 5) is 41.6. The first kappa shape index (κ1) is 27.7. The van der Waals surface area contributed by atoms with Crippen molar-refractivity contribution in [2.75, 3.05) is 6.61 Å². The lowest BCUT2D eigenvalue weighted by molar-refractivity contribution is -0.270. The fraction of sp³-hybridized carbons (Fsp3) is 0.560. The Morgan fingerprint density at radius 1 is 1.31 bits per heavy atom. The molecule has 178 valence electrons. The highest BCUT2D eigenvalue weighted by Gasteiger charge is 2.43. The van der Waals surface area contributed by atoms with Crippen LogP contribution >= 0.6 is 0 Å². The molecule has 0 heterocycles.